The molecule has 0 saturated carbocycles. The first-order valence-electron chi connectivity index (χ1n) is 8.87. The van der Waals surface area contributed by atoms with Crippen LogP contribution in [0.2, 0.25) is 0 Å². The van der Waals surface area contributed by atoms with Crippen molar-refractivity contribution in [2.45, 2.75) is 13.0 Å². The lowest BCUT2D eigenvalue weighted by Gasteiger charge is -2.35. The van der Waals surface area contributed by atoms with E-state index in [9.17, 15) is 9.59 Å². The Labute approximate surface area is 157 Å². The van der Waals surface area contributed by atoms with Crippen LogP contribution in [0.25, 0.3) is 6.08 Å². The van der Waals surface area contributed by atoms with Crippen molar-refractivity contribution in [3.8, 4) is 0 Å². The maximum absolute atomic E-state index is 13.1. The molecule has 5 nitrogen and oxygen atoms in total. The minimum atomic E-state index is -0.320. The predicted molar refractivity (Wildman–Crippen MR) is 108 cm³/mol. The summed E-state index contributed by atoms with van der Waals surface area (Å²) in [5.74, 6) is 0. The van der Waals surface area contributed by atoms with E-state index in [0.29, 0.717) is 11.3 Å². The van der Waals surface area contributed by atoms with Crippen molar-refractivity contribution in [3.05, 3.63) is 104 Å². The number of aromatic nitrogens is 2. The van der Waals surface area contributed by atoms with E-state index in [2.05, 4.69) is 4.90 Å². The van der Waals surface area contributed by atoms with E-state index in [1.165, 1.54) is 16.2 Å². The minimum absolute atomic E-state index is 0.260. The molecule has 1 aromatic heterocycles. The second-order valence-corrected chi connectivity index (χ2v) is 6.88. The minimum Gasteiger partial charge on any atom is -0.336 e. The van der Waals surface area contributed by atoms with Gasteiger partial charge in [0.15, 0.2) is 0 Å². The van der Waals surface area contributed by atoms with E-state index in [1.807, 2.05) is 73.8 Å². The second-order valence-electron chi connectivity index (χ2n) is 6.88. The molecule has 5 heteroatoms. The van der Waals surface area contributed by atoms with Gasteiger partial charge in [-0.15, -0.1) is 0 Å². The molecule has 0 spiro atoms. The van der Waals surface area contributed by atoms with Crippen molar-refractivity contribution in [1.29, 1.82) is 0 Å². The summed E-state index contributed by atoms with van der Waals surface area (Å²) in [6, 6.07) is 17.8. The summed E-state index contributed by atoms with van der Waals surface area (Å²) in [4.78, 5) is 27.6. The Hall–Kier alpha value is -3.34. The van der Waals surface area contributed by atoms with Crippen molar-refractivity contribution < 1.29 is 0 Å². The normalized spacial score (nSPS) is 15.7. The Balaban J connectivity index is 2.03. The molecule has 4 rings (SSSR count). The predicted octanol–water partition coefficient (Wildman–Crippen LogP) is 2.97. The molecular weight excluding hydrogens is 338 g/mol. The van der Waals surface area contributed by atoms with E-state index in [4.69, 9.17) is 0 Å². The lowest BCUT2D eigenvalue weighted by atomic mass is 9.93. The monoisotopic (exact) mass is 359 g/mol. The maximum atomic E-state index is 13.1. The number of nitrogens with zero attached hydrogens (tertiary/aromatic N) is 3. The summed E-state index contributed by atoms with van der Waals surface area (Å²) in [6.45, 7) is 2.04. The zero-order valence-electron chi connectivity index (χ0n) is 15.6. The van der Waals surface area contributed by atoms with Crippen molar-refractivity contribution in [2.24, 2.45) is 14.1 Å². The van der Waals surface area contributed by atoms with Crippen molar-refractivity contribution in [1.82, 2.24) is 9.13 Å². The summed E-state index contributed by atoms with van der Waals surface area (Å²) >= 11 is 0. The quantitative estimate of drug-likeness (QED) is 0.707. The Bertz CT molecular complexity index is 1140. The number of anilines is 1. The second kappa shape index (κ2) is 6.43. The molecule has 27 heavy (non-hydrogen) atoms. The van der Waals surface area contributed by atoms with Crippen LogP contribution in [0.3, 0.4) is 0 Å². The summed E-state index contributed by atoms with van der Waals surface area (Å²) < 4.78 is 2.72. The number of hydrogen-bond acceptors (Lipinski definition) is 3. The van der Waals surface area contributed by atoms with Crippen molar-refractivity contribution in [2.75, 3.05) is 4.90 Å². The van der Waals surface area contributed by atoms with Crippen LogP contribution in [0.5, 0.6) is 0 Å². The van der Waals surface area contributed by atoms with Crippen molar-refractivity contribution >= 4 is 11.8 Å². The van der Waals surface area contributed by atoms with Crippen LogP contribution >= 0.6 is 0 Å². The van der Waals surface area contributed by atoms with E-state index >= 15 is 0 Å². The van der Waals surface area contributed by atoms with Crippen LogP contribution in [0.15, 0.2) is 70.4 Å². The molecule has 0 saturated heterocycles. The van der Waals surface area contributed by atoms with Gasteiger partial charge in [0.2, 0.25) is 0 Å². The zero-order valence-corrected chi connectivity index (χ0v) is 15.6. The van der Waals surface area contributed by atoms with Gasteiger partial charge in [-0.1, -0.05) is 48.0 Å². The summed E-state index contributed by atoms with van der Waals surface area (Å²) in [5, 5.41) is 0. The SMILES string of the molecule is Cc1ccc(C2c3c(n(C)c(=O)n(C)c3=O)C=CN2c2ccccc2)cc1. The molecule has 1 aliphatic heterocycles. The van der Waals surface area contributed by atoms with Gasteiger partial charge >= 0.3 is 5.69 Å². The standard InChI is InChI=1S/C22H21N3O2/c1-15-9-11-16(12-10-15)20-19-18(23(2)22(27)24(3)21(19)26)13-14-25(20)17-7-5-4-6-8-17/h4-14,20H,1-3H3. The number of para-hydroxylation sites is 1. The third kappa shape index (κ3) is 2.72. The number of fused-ring (bicyclic) bond motifs is 1. The first kappa shape index (κ1) is 17.1. The van der Waals surface area contributed by atoms with Gasteiger partial charge in [-0.3, -0.25) is 13.9 Å². The highest BCUT2D eigenvalue weighted by atomic mass is 16.2. The fourth-order valence-corrected chi connectivity index (χ4v) is 3.63. The molecule has 0 aliphatic carbocycles. The zero-order chi connectivity index (χ0) is 19.1. The van der Waals surface area contributed by atoms with Crippen LogP contribution in [0.1, 0.15) is 28.4 Å². The molecule has 136 valence electrons. The van der Waals surface area contributed by atoms with Gasteiger partial charge in [-0.05, 0) is 30.7 Å². The number of hydrogen-bond donors (Lipinski definition) is 0. The van der Waals surface area contributed by atoms with Crippen LogP contribution in [0.4, 0.5) is 5.69 Å². The highest BCUT2D eigenvalue weighted by Gasteiger charge is 2.31. The van der Waals surface area contributed by atoms with Gasteiger partial charge in [-0.25, -0.2) is 4.79 Å². The topological polar surface area (TPSA) is 47.2 Å². The van der Waals surface area contributed by atoms with E-state index in [-0.39, 0.29) is 17.3 Å². The van der Waals surface area contributed by atoms with Gasteiger partial charge < -0.3 is 4.90 Å². The van der Waals surface area contributed by atoms with Crippen LogP contribution in [0, 0.1) is 6.92 Å². The molecule has 0 N–H and O–H groups in total. The van der Waals surface area contributed by atoms with Gasteiger partial charge in [0.25, 0.3) is 5.56 Å². The molecule has 0 amide bonds. The van der Waals surface area contributed by atoms with Crippen LogP contribution < -0.4 is 16.1 Å². The lowest BCUT2D eigenvalue weighted by molar-refractivity contribution is 0.638. The first-order valence-corrected chi connectivity index (χ1v) is 8.87. The highest BCUT2D eigenvalue weighted by Crippen LogP contribution is 2.36. The Morgan fingerprint density at radius 1 is 0.852 bits per heavy atom. The molecule has 0 radical (unpaired) electrons. The molecule has 3 aromatic rings. The highest BCUT2D eigenvalue weighted by molar-refractivity contribution is 5.66. The van der Waals surface area contributed by atoms with Crippen LogP contribution in [-0.4, -0.2) is 9.13 Å². The third-order valence-electron chi connectivity index (χ3n) is 5.14. The molecular formula is C22H21N3O2. The van der Waals surface area contributed by atoms with Gasteiger partial charge in [0.1, 0.15) is 0 Å². The first-order chi connectivity index (χ1) is 13.0. The van der Waals surface area contributed by atoms with Crippen molar-refractivity contribution in [3.63, 3.8) is 0 Å². The fraction of sp³-hybridized carbons (Fsp3) is 0.182. The molecule has 0 fully saturated rings. The van der Waals surface area contributed by atoms with E-state index in [1.54, 1.807) is 7.05 Å². The maximum Gasteiger partial charge on any atom is 0.330 e. The number of benzene rings is 2. The summed E-state index contributed by atoms with van der Waals surface area (Å²) in [5.41, 5.74) is 3.83. The summed E-state index contributed by atoms with van der Waals surface area (Å²) in [7, 11) is 3.23. The lowest BCUT2D eigenvalue weighted by Crippen LogP contribution is -2.44. The Morgan fingerprint density at radius 3 is 2.19 bits per heavy atom. The fourth-order valence-electron chi connectivity index (χ4n) is 3.63. The molecule has 0 bridgehead atoms. The largest absolute Gasteiger partial charge is 0.336 e. The summed E-state index contributed by atoms with van der Waals surface area (Å²) in [6.07, 6.45) is 3.79. The van der Waals surface area contributed by atoms with Crippen LogP contribution in [-0.2, 0) is 14.1 Å². The average molecular weight is 359 g/mol. The van der Waals surface area contributed by atoms with Gasteiger partial charge in [0, 0.05) is 26.0 Å². The molecule has 1 unspecified atom stereocenters. The molecule has 1 atom stereocenters. The number of rotatable bonds is 2. The Kier molecular flexibility index (Phi) is 4.07. The van der Waals surface area contributed by atoms with Gasteiger partial charge in [-0.2, -0.15) is 0 Å². The van der Waals surface area contributed by atoms with E-state index < -0.39 is 0 Å². The van der Waals surface area contributed by atoms with Gasteiger partial charge in [0.05, 0.1) is 17.3 Å². The average Bonchev–Trinajstić information content (AvgIpc) is 2.71. The third-order valence-corrected chi connectivity index (χ3v) is 5.14. The number of aryl methyl sites for hydroxylation is 1. The smallest absolute Gasteiger partial charge is 0.330 e. The Morgan fingerprint density at radius 2 is 1.52 bits per heavy atom. The van der Waals surface area contributed by atoms with E-state index in [0.717, 1.165) is 16.8 Å². The molecule has 2 aromatic carbocycles. The molecule has 2 heterocycles. The molecule has 1 aliphatic rings.